The number of carbonyl (C=O) groups is 1. The fraction of sp³-hybridized carbons (Fsp3) is 0.348. The number of fused-ring (bicyclic) bond motifs is 1. The molecule has 30 heavy (non-hydrogen) atoms. The lowest BCUT2D eigenvalue weighted by atomic mass is 10.1. The number of aromatic nitrogens is 2. The second kappa shape index (κ2) is 9.89. The Hall–Kier alpha value is -2.67. The number of nitrogens with zero attached hydrogens (tertiary/aromatic N) is 3. The van der Waals surface area contributed by atoms with E-state index in [9.17, 15) is 14.0 Å². The number of para-hydroxylation sites is 1. The predicted octanol–water partition coefficient (Wildman–Crippen LogP) is 4.33. The van der Waals surface area contributed by atoms with Crippen LogP contribution < -0.4 is 5.56 Å². The van der Waals surface area contributed by atoms with E-state index in [0.717, 1.165) is 12.0 Å². The molecule has 1 amide bonds. The van der Waals surface area contributed by atoms with Crippen LogP contribution in [0.5, 0.6) is 0 Å². The largest absolute Gasteiger partial charge is 0.341 e. The Bertz CT molecular complexity index is 1080. The second-order valence-corrected chi connectivity index (χ2v) is 8.66. The van der Waals surface area contributed by atoms with Crippen LogP contribution in [-0.2, 0) is 17.9 Å². The first-order valence-electron chi connectivity index (χ1n) is 9.96. The highest BCUT2D eigenvalue weighted by molar-refractivity contribution is 7.99. The Morgan fingerprint density at radius 3 is 2.57 bits per heavy atom. The molecule has 0 radical (unpaired) electrons. The maximum absolute atomic E-state index is 13.1. The van der Waals surface area contributed by atoms with Gasteiger partial charge in [0, 0.05) is 20.1 Å². The maximum Gasteiger partial charge on any atom is 0.262 e. The second-order valence-electron chi connectivity index (χ2n) is 7.72. The minimum Gasteiger partial charge on any atom is -0.341 e. The molecule has 3 rings (SSSR count). The van der Waals surface area contributed by atoms with Gasteiger partial charge >= 0.3 is 0 Å². The van der Waals surface area contributed by atoms with E-state index >= 15 is 0 Å². The van der Waals surface area contributed by atoms with E-state index in [4.69, 9.17) is 0 Å². The minimum absolute atomic E-state index is 0.0733. The van der Waals surface area contributed by atoms with E-state index in [1.165, 1.54) is 23.9 Å². The van der Waals surface area contributed by atoms with Crippen LogP contribution in [0.25, 0.3) is 10.9 Å². The number of amides is 1. The molecule has 0 aliphatic rings. The predicted molar refractivity (Wildman–Crippen MR) is 119 cm³/mol. The summed E-state index contributed by atoms with van der Waals surface area (Å²) in [6, 6.07) is 13.4. The first-order chi connectivity index (χ1) is 14.3. The van der Waals surface area contributed by atoms with Crippen LogP contribution in [0, 0.1) is 11.7 Å². The molecule has 2 aromatic carbocycles. The van der Waals surface area contributed by atoms with E-state index < -0.39 is 0 Å². The van der Waals surface area contributed by atoms with Crippen molar-refractivity contribution in [2.75, 3.05) is 12.8 Å². The molecule has 0 unspecified atom stereocenters. The number of halogens is 1. The van der Waals surface area contributed by atoms with Crippen molar-refractivity contribution in [2.24, 2.45) is 5.92 Å². The molecule has 0 spiro atoms. The summed E-state index contributed by atoms with van der Waals surface area (Å²) in [6.07, 6.45) is 0.853. The molecule has 158 valence electrons. The summed E-state index contributed by atoms with van der Waals surface area (Å²) in [6.45, 7) is 5.18. The zero-order chi connectivity index (χ0) is 21.7. The molecule has 7 heteroatoms. The van der Waals surface area contributed by atoms with Gasteiger partial charge in [-0.15, -0.1) is 0 Å². The molecule has 1 heterocycles. The molecular weight excluding hydrogens is 401 g/mol. The third-order valence-corrected chi connectivity index (χ3v) is 5.80. The molecule has 0 saturated carbocycles. The molecule has 0 aliphatic heterocycles. The molecule has 0 fully saturated rings. The highest BCUT2D eigenvalue weighted by atomic mass is 32.2. The number of carbonyl (C=O) groups excluding carboxylic acids is 1. The molecule has 0 saturated heterocycles. The van der Waals surface area contributed by atoms with Crippen LogP contribution in [0.4, 0.5) is 4.39 Å². The van der Waals surface area contributed by atoms with E-state index in [1.807, 2.05) is 18.2 Å². The van der Waals surface area contributed by atoms with Crippen molar-refractivity contribution in [3.05, 3.63) is 70.3 Å². The third kappa shape index (κ3) is 5.48. The monoisotopic (exact) mass is 427 g/mol. The van der Waals surface area contributed by atoms with Gasteiger partial charge in [-0.05, 0) is 42.2 Å². The molecule has 0 atom stereocenters. The Kier molecular flexibility index (Phi) is 7.26. The lowest BCUT2D eigenvalue weighted by molar-refractivity contribution is -0.127. The molecule has 3 aromatic rings. The van der Waals surface area contributed by atoms with Crippen LogP contribution in [-0.4, -0.2) is 33.2 Å². The normalized spacial score (nSPS) is 11.2. The van der Waals surface area contributed by atoms with Crippen LogP contribution in [0.15, 0.2) is 58.5 Å². The lowest BCUT2D eigenvalue weighted by Gasteiger charge is -2.18. The van der Waals surface area contributed by atoms with Gasteiger partial charge in [-0.25, -0.2) is 9.37 Å². The van der Waals surface area contributed by atoms with Gasteiger partial charge in [-0.2, -0.15) is 0 Å². The van der Waals surface area contributed by atoms with Gasteiger partial charge in [0.1, 0.15) is 5.82 Å². The van der Waals surface area contributed by atoms with Gasteiger partial charge in [0.05, 0.1) is 16.7 Å². The van der Waals surface area contributed by atoms with Gasteiger partial charge in [0.25, 0.3) is 5.56 Å². The first kappa shape index (κ1) is 22.0. The lowest BCUT2D eigenvalue weighted by Crippen LogP contribution is -2.29. The molecule has 1 aromatic heterocycles. The van der Waals surface area contributed by atoms with E-state index in [-0.39, 0.29) is 23.0 Å². The summed E-state index contributed by atoms with van der Waals surface area (Å²) in [4.78, 5) is 31.9. The average Bonchev–Trinajstić information content (AvgIpc) is 2.73. The Morgan fingerprint density at radius 2 is 1.87 bits per heavy atom. The van der Waals surface area contributed by atoms with Crippen LogP contribution in [0.1, 0.15) is 25.8 Å². The van der Waals surface area contributed by atoms with Crippen molar-refractivity contribution in [3.8, 4) is 0 Å². The molecule has 0 aliphatic carbocycles. The van der Waals surface area contributed by atoms with Gasteiger partial charge in [0.2, 0.25) is 5.91 Å². The number of hydrogen-bond donors (Lipinski definition) is 0. The number of thioether (sulfide) groups is 1. The van der Waals surface area contributed by atoms with Crippen molar-refractivity contribution in [2.45, 2.75) is 38.5 Å². The molecule has 5 nitrogen and oxygen atoms in total. The summed E-state index contributed by atoms with van der Waals surface area (Å²) in [5.74, 6) is 0.237. The van der Waals surface area contributed by atoms with Crippen LogP contribution in [0.3, 0.4) is 0 Å². The summed E-state index contributed by atoms with van der Waals surface area (Å²) in [5, 5.41) is 1.15. The zero-order valence-electron chi connectivity index (χ0n) is 17.5. The van der Waals surface area contributed by atoms with Crippen LogP contribution in [0.2, 0.25) is 0 Å². The quantitative estimate of drug-likeness (QED) is 0.397. The van der Waals surface area contributed by atoms with Gasteiger partial charge in [-0.1, -0.05) is 49.9 Å². The highest BCUT2D eigenvalue weighted by Gasteiger charge is 2.15. The standard InChI is InChI=1S/C23H26FN3O2S/c1-16(2)12-13-27-22(29)19-6-4-5-7-20(19)25-23(27)30-15-21(28)26(3)14-17-8-10-18(24)11-9-17/h4-11,16H,12-15H2,1-3H3. The smallest absolute Gasteiger partial charge is 0.262 e. The third-order valence-electron chi connectivity index (χ3n) is 4.84. The van der Waals surface area contributed by atoms with E-state index in [2.05, 4.69) is 18.8 Å². The molecule has 0 bridgehead atoms. The Balaban J connectivity index is 1.76. The van der Waals surface area contributed by atoms with Crippen molar-refractivity contribution in [1.29, 1.82) is 0 Å². The number of rotatable bonds is 8. The van der Waals surface area contributed by atoms with E-state index in [0.29, 0.717) is 35.1 Å². The highest BCUT2D eigenvalue weighted by Crippen LogP contribution is 2.19. The van der Waals surface area contributed by atoms with Gasteiger partial charge < -0.3 is 4.90 Å². The van der Waals surface area contributed by atoms with E-state index in [1.54, 1.807) is 34.7 Å². The first-order valence-corrected chi connectivity index (χ1v) is 10.9. The topological polar surface area (TPSA) is 55.2 Å². The van der Waals surface area contributed by atoms with Crippen molar-refractivity contribution < 1.29 is 9.18 Å². The van der Waals surface area contributed by atoms with Gasteiger partial charge in [0.15, 0.2) is 5.16 Å². The Labute approximate surface area is 179 Å². The average molecular weight is 428 g/mol. The molecular formula is C23H26FN3O2S. The number of hydrogen-bond acceptors (Lipinski definition) is 4. The SMILES string of the molecule is CC(C)CCn1c(SCC(=O)N(C)Cc2ccc(F)cc2)nc2ccccc2c1=O. The maximum atomic E-state index is 13.1. The fourth-order valence-corrected chi connectivity index (χ4v) is 4.00. The van der Waals surface area contributed by atoms with Gasteiger partial charge in [-0.3, -0.25) is 14.2 Å². The summed E-state index contributed by atoms with van der Waals surface area (Å²) in [5.41, 5.74) is 1.42. The Morgan fingerprint density at radius 1 is 1.17 bits per heavy atom. The van der Waals surface area contributed by atoms with Crippen molar-refractivity contribution in [3.63, 3.8) is 0 Å². The van der Waals surface area contributed by atoms with Crippen molar-refractivity contribution in [1.82, 2.24) is 14.5 Å². The summed E-state index contributed by atoms with van der Waals surface area (Å²) in [7, 11) is 1.71. The van der Waals surface area contributed by atoms with Crippen LogP contribution >= 0.6 is 11.8 Å². The fourth-order valence-electron chi connectivity index (χ4n) is 3.03. The number of benzene rings is 2. The molecule has 0 N–H and O–H groups in total. The zero-order valence-corrected chi connectivity index (χ0v) is 18.3. The van der Waals surface area contributed by atoms with Crippen molar-refractivity contribution >= 4 is 28.6 Å². The summed E-state index contributed by atoms with van der Waals surface area (Å²) >= 11 is 1.28. The summed E-state index contributed by atoms with van der Waals surface area (Å²) < 4.78 is 14.7. The minimum atomic E-state index is -0.301.